The molecule has 1 N–H and O–H groups in total. The summed E-state index contributed by atoms with van der Waals surface area (Å²) in [6.45, 7) is 7.94. The molecule has 2 aromatic rings. The molecule has 1 aliphatic heterocycles. The maximum atomic E-state index is 12.2. The van der Waals surface area contributed by atoms with Gasteiger partial charge in [0.1, 0.15) is 0 Å². The number of aliphatic imine (C=N–C) groups is 1. The molecule has 1 aliphatic rings. The molecular weight excluding hydrogens is 513 g/mol. The van der Waals surface area contributed by atoms with Crippen LogP contribution in [0.1, 0.15) is 27.0 Å². The summed E-state index contributed by atoms with van der Waals surface area (Å²) in [5.74, 6) is 0.991. The van der Waals surface area contributed by atoms with Crippen molar-refractivity contribution in [3.63, 3.8) is 0 Å². The minimum absolute atomic E-state index is 0. The highest BCUT2D eigenvalue weighted by atomic mass is 127. The predicted molar refractivity (Wildman–Crippen MR) is 143 cm³/mol. The Morgan fingerprint density at radius 1 is 1.03 bits per heavy atom. The van der Waals surface area contributed by atoms with E-state index in [1.165, 1.54) is 11.1 Å². The van der Waals surface area contributed by atoms with Gasteiger partial charge in [0.05, 0.1) is 0 Å². The Labute approximate surface area is 209 Å². The molecule has 0 aliphatic carbocycles. The van der Waals surface area contributed by atoms with Crippen molar-refractivity contribution in [2.75, 3.05) is 53.9 Å². The molecule has 0 atom stereocenters. The molecule has 0 radical (unpaired) electrons. The van der Waals surface area contributed by atoms with E-state index in [4.69, 9.17) is 0 Å². The molecule has 0 bridgehead atoms. The number of amides is 1. The molecule has 3 rings (SSSR count). The van der Waals surface area contributed by atoms with E-state index in [2.05, 4.69) is 57.4 Å². The molecule has 0 unspecified atom stereocenters. The van der Waals surface area contributed by atoms with Crippen molar-refractivity contribution in [1.29, 1.82) is 0 Å². The van der Waals surface area contributed by atoms with Crippen LogP contribution in [-0.2, 0) is 13.0 Å². The Morgan fingerprint density at radius 3 is 2.38 bits per heavy atom. The van der Waals surface area contributed by atoms with Crippen molar-refractivity contribution in [1.82, 2.24) is 20.0 Å². The Kier molecular flexibility index (Phi) is 10.4. The lowest BCUT2D eigenvalue weighted by Gasteiger charge is -2.36. The molecule has 7 heteroatoms. The van der Waals surface area contributed by atoms with Gasteiger partial charge >= 0.3 is 0 Å². The maximum absolute atomic E-state index is 12.2. The van der Waals surface area contributed by atoms with E-state index in [0.29, 0.717) is 0 Å². The highest BCUT2D eigenvalue weighted by molar-refractivity contribution is 14.0. The second-order valence-electron chi connectivity index (χ2n) is 8.38. The van der Waals surface area contributed by atoms with Crippen LogP contribution in [0.25, 0.3) is 0 Å². The topological polar surface area (TPSA) is 51.2 Å². The van der Waals surface area contributed by atoms with E-state index in [1.807, 2.05) is 25.2 Å². The number of nitrogens with one attached hydrogen (secondary N) is 1. The van der Waals surface area contributed by atoms with Crippen LogP contribution in [0.4, 0.5) is 0 Å². The highest BCUT2D eigenvalue weighted by Crippen LogP contribution is 2.11. The van der Waals surface area contributed by atoms with Crippen LogP contribution in [0.2, 0.25) is 0 Å². The Hall–Kier alpha value is -2.13. The molecule has 174 valence electrons. The monoisotopic (exact) mass is 549 g/mol. The minimum atomic E-state index is 0. The van der Waals surface area contributed by atoms with Crippen LogP contribution in [-0.4, -0.2) is 80.4 Å². The first-order valence-corrected chi connectivity index (χ1v) is 11.0. The summed E-state index contributed by atoms with van der Waals surface area (Å²) in [4.78, 5) is 23.1. The molecule has 1 amide bonds. The lowest BCUT2D eigenvalue weighted by molar-refractivity contribution is 0.0827. The minimum Gasteiger partial charge on any atom is -0.356 e. The number of carbonyl (C=O) groups excluding carboxylic acids is 1. The van der Waals surface area contributed by atoms with E-state index < -0.39 is 0 Å². The van der Waals surface area contributed by atoms with Crippen LogP contribution < -0.4 is 5.32 Å². The predicted octanol–water partition coefficient (Wildman–Crippen LogP) is 3.25. The zero-order valence-electron chi connectivity index (χ0n) is 19.7. The van der Waals surface area contributed by atoms with E-state index in [-0.39, 0.29) is 29.9 Å². The maximum Gasteiger partial charge on any atom is 0.253 e. The van der Waals surface area contributed by atoms with Gasteiger partial charge in [-0.1, -0.05) is 42.0 Å². The van der Waals surface area contributed by atoms with Crippen LogP contribution in [0.5, 0.6) is 0 Å². The fourth-order valence-electron chi connectivity index (χ4n) is 3.96. The molecule has 1 heterocycles. The van der Waals surface area contributed by atoms with Gasteiger partial charge in [0.25, 0.3) is 5.91 Å². The van der Waals surface area contributed by atoms with Crippen molar-refractivity contribution in [3.8, 4) is 0 Å². The molecule has 2 aromatic carbocycles. The standard InChI is InChI=1S/C25H35N5O.HI/c1-20-7-5-9-22(17-20)19-29-13-15-30(16-14-29)25(26-2)27-12-11-21-8-6-10-23(18-21)24(31)28(3)4;/h5-10,17-18H,11-16,19H2,1-4H3,(H,26,27);1H. The average Bonchev–Trinajstić information content (AvgIpc) is 2.77. The van der Waals surface area contributed by atoms with E-state index >= 15 is 0 Å². The SMILES string of the molecule is CN=C(NCCc1cccc(C(=O)N(C)C)c1)N1CCN(Cc2cccc(C)c2)CC1.I. The van der Waals surface area contributed by atoms with Crippen molar-refractivity contribution in [2.24, 2.45) is 4.99 Å². The summed E-state index contributed by atoms with van der Waals surface area (Å²) in [5, 5.41) is 3.49. The molecule has 32 heavy (non-hydrogen) atoms. The van der Waals surface area contributed by atoms with Crippen molar-refractivity contribution < 1.29 is 4.79 Å². The summed E-state index contributed by atoms with van der Waals surface area (Å²) in [5.41, 5.74) is 4.58. The molecule has 0 spiro atoms. The third-order valence-electron chi connectivity index (χ3n) is 5.65. The van der Waals surface area contributed by atoms with Gasteiger partial charge in [-0.2, -0.15) is 0 Å². The second-order valence-corrected chi connectivity index (χ2v) is 8.38. The molecule has 0 saturated carbocycles. The van der Waals surface area contributed by atoms with Gasteiger partial charge in [0.2, 0.25) is 0 Å². The van der Waals surface area contributed by atoms with Crippen molar-refractivity contribution in [2.45, 2.75) is 19.9 Å². The number of rotatable bonds is 6. The number of carbonyl (C=O) groups is 1. The average molecular weight is 550 g/mol. The lowest BCUT2D eigenvalue weighted by atomic mass is 10.1. The summed E-state index contributed by atoms with van der Waals surface area (Å²) in [7, 11) is 5.40. The number of hydrogen-bond acceptors (Lipinski definition) is 3. The van der Waals surface area contributed by atoms with Gasteiger partial charge in [-0.15, -0.1) is 24.0 Å². The first kappa shape index (κ1) is 26.1. The fourth-order valence-corrected chi connectivity index (χ4v) is 3.96. The summed E-state index contributed by atoms with van der Waals surface area (Å²) >= 11 is 0. The van der Waals surface area contributed by atoms with Gasteiger partial charge in [-0.3, -0.25) is 14.7 Å². The van der Waals surface area contributed by atoms with Crippen LogP contribution in [0, 0.1) is 6.92 Å². The second kappa shape index (κ2) is 12.8. The molecule has 0 aromatic heterocycles. The highest BCUT2D eigenvalue weighted by Gasteiger charge is 2.19. The smallest absolute Gasteiger partial charge is 0.253 e. The number of benzene rings is 2. The van der Waals surface area contributed by atoms with E-state index in [0.717, 1.165) is 62.8 Å². The largest absolute Gasteiger partial charge is 0.356 e. The molecule has 1 saturated heterocycles. The number of hydrogen-bond donors (Lipinski definition) is 1. The van der Waals surface area contributed by atoms with Crippen molar-refractivity contribution >= 4 is 35.8 Å². The third kappa shape index (κ3) is 7.48. The van der Waals surface area contributed by atoms with Gasteiger partial charge < -0.3 is 15.1 Å². The van der Waals surface area contributed by atoms with Gasteiger partial charge in [0.15, 0.2) is 5.96 Å². The van der Waals surface area contributed by atoms with Gasteiger partial charge in [-0.25, -0.2) is 0 Å². The van der Waals surface area contributed by atoms with E-state index in [1.54, 1.807) is 19.0 Å². The number of guanidine groups is 1. The summed E-state index contributed by atoms with van der Waals surface area (Å²) < 4.78 is 0. The lowest BCUT2D eigenvalue weighted by Crippen LogP contribution is -2.52. The van der Waals surface area contributed by atoms with Gasteiger partial charge in [0, 0.05) is 66.0 Å². The molecule has 1 fully saturated rings. The summed E-state index contributed by atoms with van der Waals surface area (Å²) in [6.07, 6.45) is 0.848. The van der Waals surface area contributed by atoms with E-state index in [9.17, 15) is 4.79 Å². The van der Waals surface area contributed by atoms with Gasteiger partial charge in [-0.05, 0) is 36.6 Å². The quantitative estimate of drug-likeness (QED) is 0.342. The number of halogens is 1. The first-order valence-electron chi connectivity index (χ1n) is 11.0. The Bertz CT molecular complexity index is 907. The van der Waals surface area contributed by atoms with Crippen LogP contribution in [0.3, 0.4) is 0 Å². The zero-order chi connectivity index (χ0) is 22.2. The number of nitrogens with zero attached hydrogens (tertiary/aromatic N) is 4. The van der Waals surface area contributed by atoms with Crippen molar-refractivity contribution in [3.05, 3.63) is 70.8 Å². The Morgan fingerprint density at radius 2 is 1.72 bits per heavy atom. The van der Waals surface area contributed by atoms with Crippen LogP contribution in [0.15, 0.2) is 53.5 Å². The summed E-state index contributed by atoms with van der Waals surface area (Å²) in [6, 6.07) is 16.6. The molecular formula is C25H36IN5O. The number of piperazine rings is 1. The fraction of sp³-hybridized carbons (Fsp3) is 0.440. The zero-order valence-corrected chi connectivity index (χ0v) is 22.0. The van der Waals surface area contributed by atoms with Crippen LogP contribution >= 0.6 is 24.0 Å². The normalized spacial score (nSPS) is 14.6. The number of aryl methyl sites for hydroxylation is 1. The molecule has 6 nitrogen and oxygen atoms in total. The third-order valence-corrected chi connectivity index (χ3v) is 5.65. The first-order chi connectivity index (χ1) is 15.0. The Balaban J connectivity index is 0.00000363.